The summed E-state index contributed by atoms with van der Waals surface area (Å²) in [4.78, 5) is 0. The van der Waals surface area contributed by atoms with Gasteiger partial charge in [-0.25, -0.2) is 0 Å². The Balaban J connectivity index is 2.30. The lowest BCUT2D eigenvalue weighted by Crippen LogP contribution is -2.60. The molecule has 1 fully saturated rings. The van der Waals surface area contributed by atoms with Gasteiger partial charge in [0.05, 0.1) is 7.11 Å². The highest BCUT2D eigenvalue weighted by molar-refractivity contribution is 5.42. The molecule has 2 rings (SSSR count). The zero-order chi connectivity index (χ0) is 14.1. The summed E-state index contributed by atoms with van der Waals surface area (Å²) in [5.41, 5.74) is 8.26. The van der Waals surface area contributed by atoms with E-state index in [0.29, 0.717) is 6.54 Å². The lowest BCUT2D eigenvalue weighted by molar-refractivity contribution is -0.277. The predicted molar refractivity (Wildman–Crippen MR) is 74.4 cm³/mol. The molecule has 0 aromatic heterocycles. The van der Waals surface area contributed by atoms with Gasteiger partial charge in [-0.05, 0) is 24.1 Å². The number of hydrogen-bond donors (Lipinski definition) is 1. The Bertz CT molecular complexity index is 447. The van der Waals surface area contributed by atoms with E-state index in [1.54, 1.807) is 21.3 Å². The summed E-state index contributed by atoms with van der Waals surface area (Å²) in [6.45, 7) is 2.61. The van der Waals surface area contributed by atoms with Crippen LogP contribution in [0.5, 0.6) is 5.75 Å². The number of nitrogens with two attached hydrogens (primary N) is 1. The summed E-state index contributed by atoms with van der Waals surface area (Å²) in [5.74, 6) is 0.412. The van der Waals surface area contributed by atoms with Crippen molar-refractivity contribution < 1.29 is 14.2 Å². The van der Waals surface area contributed by atoms with E-state index in [4.69, 9.17) is 19.9 Å². The second-order valence-electron chi connectivity index (χ2n) is 5.34. The molecule has 4 nitrogen and oxygen atoms in total. The van der Waals surface area contributed by atoms with Gasteiger partial charge >= 0.3 is 0 Å². The minimum atomic E-state index is -0.489. The fourth-order valence-corrected chi connectivity index (χ4v) is 2.97. The zero-order valence-corrected chi connectivity index (χ0v) is 12.2. The third-order valence-electron chi connectivity index (χ3n) is 4.37. The molecule has 1 aliphatic carbocycles. The van der Waals surface area contributed by atoms with E-state index in [1.165, 1.54) is 5.56 Å². The topological polar surface area (TPSA) is 53.7 Å². The van der Waals surface area contributed by atoms with Crippen molar-refractivity contribution in [2.75, 3.05) is 27.9 Å². The van der Waals surface area contributed by atoms with Crippen LogP contribution in [0.1, 0.15) is 24.0 Å². The molecule has 0 spiro atoms. The van der Waals surface area contributed by atoms with Crippen molar-refractivity contribution in [3.63, 3.8) is 0 Å². The molecule has 1 aliphatic rings. The predicted octanol–water partition coefficient (Wildman–Crippen LogP) is 1.98. The fraction of sp³-hybridized carbons (Fsp3) is 0.600. The van der Waals surface area contributed by atoms with Crippen LogP contribution in [0.15, 0.2) is 18.2 Å². The Hall–Kier alpha value is -1.10. The SMILES string of the molecule is COc1cc(C2(CN)CC(OC)(OC)C2)ccc1C. The van der Waals surface area contributed by atoms with Crippen molar-refractivity contribution >= 4 is 0 Å². The smallest absolute Gasteiger partial charge is 0.169 e. The molecule has 0 amide bonds. The van der Waals surface area contributed by atoms with Crippen molar-refractivity contribution in [1.82, 2.24) is 0 Å². The maximum Gasteiger partial charge on any atom is 0.169 e. The third kappa shape index (κ3) is 2.24. The summed E-state index contributed by atoms with van der Waals surface area (Å²) in [6, 6.07) is 6.28. The molecular formula is C15H23NO3. The van der Waals surface area contributed by atoms with Crippen molar-refractivity contribution in [3.8, 4) is 5.75 Å². The highest BCUT2D eigenvalue weighted by Gasteiger charge is 2.56. The maximum atomic E-state index is 6.01. The number of methoxy groups -OCH3 is 3. The molecule has 0 bridgehead atoms. The zero-order valence-electron chi connectivity index (χ0n) is 12.2. The van der Waals surface area contributed by atoms with Crippen molar-refractivity contribution in [2.24, 2.45) is 5.73 Å². The van der Waals surface area contributed by atoms with Gasteiger partial charge in [-0.3, -0.25) is 0 Å². The van der Waals surface area contributed by atoms with E-state index in [-0.39, 0.29) is 5.41 Å². The highest BCUT2D eigenvalue weighted by Crippen LogP contribution is 2.52. The first-order valence-corrected chi connectivity index (χ1v) is 6.50. The number of benzene rings is 1. The van der Waals surface area contributed by atoms with E-state index in [0.717, 1.165) is 24.2 Å². The standard InChI is InChI=1S/C15H23NO3/c1-11-5-6-12(7-13(11)17-2)14(10-16)8-15(9-14,18-3)19-4/h5-7H,8-10,16H2,1-4H3. The van der Waals surface area contributed by atoms with Crippen LogP contribution in [0.4, 0.5) is 0 Å². The molecule has 19 heavy (non-hydrogen) atoms. The molecule has 2 N–H and O–H groups in total. The minimum absolute atomic E-state index is 0.0764. The Morgan fingerprint density at radius 1 is 1.16 bits per heavy atom. The molecule has 0 atom stereocenters. The first-order valence-electron chi connectivity index (χ1n) is 6.50. The summed E-state index contributed by atoms with van der Waals surface area (Å²) in [7, 11) is 5.05. The van der Waals surface area contributed by atoms with Gasteiger partial charge in [0.2, 0.25) is 0 Å². The van der Waals surface area contributed by atoms with Crippen LogP contribution in [0.3, 0.4) is 0 Å². The van der Waals surface area contributed by atoms with E-state index >= 15 is 0 Å². The van der Waals surface area contributed by atoms with E-state index in [9.17, 15) is 0 Å². The normalized spacial score (nSPS) is 19.8. The number of hydrogen-bond acceptors (Lipinski definition) is 4. The van der Waals surface area contributed by atoms with Gasteiger partial charge in [0.15, 0.2) is 5.79 Å². The van der Waals surface area contributed by atoms with Crippen LogP contribution in [0.2, 0.25) is 0 Å². The Morgan fingerprint density at radius 3 is 2.26 bits per heavy atom. The van der Waals surface area contributed by atoms with E-state index < -0.39 is 5.79 Å². The third-order valence-corrected chi connectivity index (χ3v) is 4.37. The average Bonchev–Trinajstić information content (AvgIpc) is 2.41. The van der Waals surface area contributed by atoms with E-state index in [2.05, 4.69) is 18.2 Å². The Morgan fingerprint density at radius 2 is 1.79 bits per heavy atom. The molecule has 0 radical (unpaired) electrons. The second kappa shape index (κ2) is 5.12. The van der Waals surface area contributed by atoms with Gasteiger partial charge in [-0.1, -0.05) is 12.1 Å². The molecule has 1 saturated carbocycles. The molecule has 1 aromatic rings. The van der Waals surface area contributed by atoms with Crippen LogP contribution >= 0.6 is 0 Å². The molecule has 4 heteroatoms. The molecular weight excluding hydrogens is 242 g/mol. The summed E-state index contributed by atoms with van der Waals surface area (Å²) >= 11 is 0. The van der Waals surface area contributed by atoms with Crippen molar-refractivity contribution in [2.45, 2.75) is 31.0 Å². The van der Waals surface area contributed by atoms with E-state index in [1.807, 2.05) is 6.92 Å². The van der Waals surface area contributed by atoms with Gasteiger partial charge in [-0.2, -0.15) is 0 Å². The van der Waals surface area contributed by atoms with Crippen molar-refractivity contribution in [3.05, 3.63) is 29.3 Å². The van der Waals surface area contributed by atoms with Crippen molar-refractivity contribution in [1.29, 1.82) is 0 Å². The van der Waals surface area contributed by atoms with Crippen LogP contribution in [-0.4, -0.2) is 33.7 Å². The highest BCUT2D eigenvalue weighted by atomic mass is 16.7. The number of rotatable bonds is 5. The van der Waals surface area contributed by atoms with Crippen LogP contribution in [0.25, 0.3) is 0 Å². The largest absolute Gasteiger partial charge is 0.496 e. The van der Waals surface area contributed by atoms with Gasteiger partial charge in [0.1, 0.15) is 5.75 Å². The Labute approximate surface area is 114 Å². The van der Waals surface area contributed by atoms with Crippen LogP contribution < -0.4 is 10.5 Å². The summed E-state index contributed by atoms with van der Waals surface area (Å²) < 4.78 is 16.3. The van der Waals surface area contributed by atoms with Gasteiger partial charge < -0.3 is 19.9 Å². The van der Waals surface area contributed by atoms with Gasteiger partial charge in [0.25, 0.3) is 0 Å². The second-order valence-corrected chi connectivity index (χ2v) is 5.34. The Kier molecular flexibility index (Phi) is 3.85. The monoisotopic (exact) mass is 265 g/mol. The van der Waals surface area contributed by atoms with Crippen LogP contribution in [0, 0.1) is 6.92 Å². The van der Waals surface area contributed by atoms with Gasteiger partial charge in [-0.15, -0.1) is 0 Å². The lowest BCUT2D eigenvalue weighted by Gasteiger charge is -2.54. The first-order chi connectivity index (χ1) is 9.04. The summed E-state index contributed by atoms with van der Waals surface area (Å²) in [5, 5.41) is 0. The molecule has 0 aliphatic heterocycles. The molecule has 0 heterocycles. The average molecular weight is 265 g/mol. The molecule has 1 aromatic carbocycles. The molecule has 106 valence electrons. The number of aryl methyl sites for hydroxylation is 1. The molecule has 0 saturated heterocycles. The first kappa shape index (κ1) is 14.3. The number of ether oxygens (including phenoxy) is 3. The van der Waals surface area contributed by atoms with Gasteiger partial charge in [0, 0.05) is 39.0 Å². The van der Waals surface area contributed by atoms with Crippen LogP contribution in [-0.2, 0) is 14.9 Å². The fourth-order valence-electron chi connectivity index (χ4n) is 2.97. The summed E-state index contributed by atoms with van der Waals surface area (Å²) in [6.07, 6.45) is 1.55. The molecule has 0 unspecified atom stereocenters. The quantitative estimate of drug-likeness (QED) is 0.827. The minimum Gasteiger partial charge on any atom is -0.496 e. The maximum absolute atomic E-state index is 6.01. The lowest BCUT2D eigenvalue weighted by atomic mass is 9.60.